The number of phenolic OH excluding ortho intramolecular Hbond substituents is 1. The largest absolute Gasteiger partial charge is 0.508 e. The molecule has 8 nitrogen and oxygen atoms in total. The van der Waals surface area contributed by atoms with Crippen LogP contribution >= 0.6 is 0 Å². The SMILES string of the molecule is CC(C)CN(C[C@@H](O)[C@H](Cc1ccccc1)NC(=O)C[C@@H]1CCNC1)S(=O)(=O)c1ccc(O)cc1. The summed E-state index contributed by atoms with van der Waals surface area (Å²) in [6.07, 6.45) is 0.566. The molecular weight excluding hydrogens is 466 g/mol. The van der Waals surface area contributed by atoms with Crippen molar-refractivity contribution in [3.8, 4) is 5.75 Å². The highest BCUT2D eigenvalue weighted by atomic mass is 32.2. The van der Waals surface area contributed by atoms with Gasteiger partial charge in [0.15, 0.2) is 0 Å². The zero-order valence-electron chi connectivity index (χ0n) is 20.4. The minimum atomic E-state index is -3.92. The molecule has 0 saturated carbocycles. The van der Waals surface area contributed by atoms with E-state index in [2.05, 4.69) is 10.6 Å². The maximum absolute atomic E-state index is 13.4. The van der Waals surface area contributed by atoms with Crippen LogP contribution in [0.4, 0.5) is 0 Å². The van der Waals surface area contributed by atoms with Crippen molar-refractivity contribution in [3.63, 3.8) is 0 Å². The number of sulfonamides is 1. The summed E-state index contributed by atoms with van der Waals surface area (Å²) in [4.78, 5) is 12.9. The molecule has 1 heterocycles. The monoisotopic (exact) mass is 503 g/mol. The highest BCUT2D eigenvalue weighted by molar-refractivity contribution is 7.89. The molecule has 3 rings (SSSR count). The van der Waals surface area contributed by atoms with Gasteiger partial charge in [0.2, 0.25) is 15.9 Å². The summed E-state index contributed by atoms with van der Waals surface area (Å²) in [5.41, 5.74) is 0.941. The van der Waals surface area contributed by atoms with Gasteiger partial charge in [-0.25, -0.2) is 8.42 Å². The van der Waals surface area contributed by atoms with Gasteiger partial charge < -0.3 is 20.8 Å². The molecule has 35 heavy (non-hydrogen) atoms. The van der Waals surface area contributed by atoms with Crippen molar-refractivity contribution in [2.45, 2.75) is 50.2 Å². The normalized spacial score (nSPS) is 18.0. The molecule has 2 aromatic carbocycles. The maximum atomic E-state index is 13.4. The van der Waals surface area contributed by atoms with Gasteiger partial charge in [0.25, 0.3) is 0 Å². The van der Waals surface area contributed by atoms with E-state index in [9.17, 15) is 23.4 Å². The molecule has 0 bridgehead atoms. The Morgan fingerprint density at radius 1 is 1.11 bits per heavy atom. The molecule has 1 aliphatic rings. The number of hydrogen-bond donors (Lipinski definition) is 4. The van der Waals surface area contributed by atoms with Gasteiger partial charge in [-0.3, -0.25) is 4.79 Å². The second kappa shape index (κ2) is 12.5. The Bertz CT molecular complexity index is 1040. The van der Waals surface area contributed by atoms with Crippen molar-refractivity contribution in [1.82, 2.24) is 14.9 Å². The summed E-state index contributed by atoms with van der Waals surface area (Å²) >= 11 is 0. The maximum Gasteiger partial charge on any atom is 0.243 e. The lowest BCUT2D eigenvalue weighted by molar-refractivity contribution is -0.123. The first kappa shape index (κ1) is 27.1. The molecule has 2 aromatic rings. The van der Waals surface area contributed by atoms with Gasteiger partial charge in [-0.2, -0.15) is 4.31 Å². The number of phenols is 1. The molecule has 1 aliphatic heterocycles. The average Bonchev–Trinajstić information content (AvgIpc) is 3.31. The lowest BCUT2D eigenvalue weighted by Crippen LogP contribution is -2.51. The number of carbonyl (C=O) groups is 1. The molecule has 9 heteroatoms. The molecule has 1 saturated heterocycles. The van der Waals surface area contributed by atoms with Crippen LogP contribution in [-0.2, 0) is 21.2 Å². The van der Waals surface area contributed by atoms with Crippen LogP contribution in [0.3, 0.4) is 0 Å². The van der Waals surface area contributed by atoms with Gasteiger partial charge in [-0.15, -0.1) is 0 Å². The van der Waals surface area contributed by atoms with E-state index in [4.69, 9.17) is 0 Å². The third-order valence-electron chi connectivity index (χ3n) is 6.18. The topological polar surface area (TPSA) is 119 Å². The predicted octanol–water partition coefficient (Wildman–Crippen LogP) is 2.13. The number of amides is 1. The lowest BCUT2D eigenvalue weighted by atomic mass is 9.99. The molecule has 1 amide bonds. The van der Waals surface area contributed by atoms with Crippen molar-refractivity contribution in [2.24, 2.45) is 11.8 Å². The molecule has 0 aromatic heterocycles. The van der Waals surface area contributed by atoms with Gasteiger partial charge in [-0.05, 0) is 67.6 Å². The van der Waals surface area contributed by atoms with E-state index < -0.39 is 22.2 Å². The number of aliphatic hydroxyl groups is 1. The Morgan fingerprint density at radius 2 is 1.80 bits per heavy atom. The first-order valence-corrected chi connectivity index (χ1v) is 13.6. The van der Waals surface area contributed by atoms with Gasteiger partial charge in [0, 0.05) is 19.5 Å². The van der Waals surface area contributed by atoms with Crippen LogP contribution in [0.25, 0.3) is 0 Å². The van der Waals surface area contributed by atoms with E-state index in [0.717, 1.165) is 25.1 Å². The van der Waals surface area contributed by atoms with E-state index in [-0.39, 0.29) is 41.5 Å². The molecule has 0 aliphatic carbocycles. The molecule has 192 valence electrons. The lowest BCUT2D eigenvalue weighted by Gasteiger charge is -2.31. The van der Waals surface area contributed by atoms with Crippen LogP contribution in [0.2, 0.25) is 0 Å². The number of nitrogens with one attached hydrogen (secondary N) is 2. The van der Waals surface area contributed by atoms with Gasteiger partial charge >= 0.3 is 0 Å². The predicted molar refractivity (Wildman–Crippen MR) is 135 cm³/mol. The van der Waals surface area contributed by atoms with Crippen LogP contribution < -0.4 is 10.6 Å². The Labute approximate surface area is 208 Å². The van der Waals surface area contributed by atoms with Crippen molar-refractivity contribution in [3.05, 3.63) is 60.2 Å². The van der Waals surface area contributed by atoms with E-state index in [1.165, 1.54) is 28.6 Å². The average molecular weight is 504 g/mol. The minimum absolute atomic E-state index is 0.0196. The quantitative estimate of drug-likeness (QED) is 0.352. The first-order valence-electron chi connectivity index (χ1n) is 12.2. The number of nitrogens with zero attached hydrogens (tertiary/aromatic N) is 1. The summed E-state index contributed by atoms with van der Waals surface area (Å²) in [7, 11) is -3.92. The van der Waals surface area contributed by atoms with E-state index in [1.807, 2.05) is 44.2 Å². The number of hydrogen-bond acceptors (Lipinski definition) is 6. The van der Waals surface area contributed by atoms with Crippen LogP contribution in [-0.4, -0.2) is 67.2 Å². The second-order valence-electron chi connectivity index (χ2n) is 9.70. The van der Waals surface area contributed by atoms with Crippen molar-refractivity contribution in [2.75, 3.05) is 26.2 Å². The molecule has 0 unspecified atom stereocenters. The summed E-state index contributed by atoms with van der Waals surface area (Å²) in [5, 5.41) is 27.0. The summed E-state index contributed by atoms with van der Waals surface area (Å²) in [6, 6.07) is 14.2. The van der Waals surface area contributed by atoms with Crippen molar-refractivity contribution in [1.29, 1.82) is 0 Å². The Morgan fingerprint density at radius 3 is 2.40 bits per heavy atom. The zero-order valence-corrected chi connectivity index (χ0v) is 21.2. The van der Waals surface area contributed by atoms with E-state index in [1.54, 1.807) is 0 Å². The summed E-state index contributed by atoms with van der Waals surface area (Å²) in [5.74, 6) is 0.112. The van der Waals surface area contributed by atoms with Crippen LogP contribution in [0, 0.1) is 11.8 Å². The third kappa shape index (κ3) is 8.03. The Balaban J connectivity index is 1.80. The standard InChI is InChI=1S/C26H37N3O5S/c1-19(2)17-29(35(33,34)23-10-8-22(30)9-11-23)18-25(31)24(14-20-6-4-3-5-7-20)28-26(32)15-21-12-13-27-16-21/h3-11,19,21,24-25,27,30-31H,12-18H2,1-2H3,(H,28,32)/t21-,24-,25+/m0/s1. The van der Waals surface area contributed by atoms with Gasteiger partial charge in [-0.1, -0.05) is 44.2 Å². The number of carbonyl (C=O) groups excluding carboxylic acids is 1. The fourth-order valence-electron chi connectivity index (χ4n) is 4.35. The molecule has 3 atom stereocenters. The highest BCUT2D eigenvalue weighted by Crippen LogP contribution is 2.21. The number of aliphatic hydroxyl groups excluding tert-OH is 1. The van der Waals surface area contributed by atoms with E-state index >= 15 is 0 Å². The third-order valence-corrected chi connectivity index (χ3v) is 8.03. The fourth-order valence-corrected chi connectivity index (χ4v) is 5.97. The number of benzene rings is 2. The van der Waals surface area contributed by atoms with Crippen molar-refractivity contribution < 1.29 is 23.4 Å². The van der Waals surface area contributed by atoms with Crippen LogP contribution in [0.15, 0.2) is 59.5 Å². The molecule has 0 spiro atoms. The number of rotatable bonds is 12. The molecule has 1 fully saturated rings. The number of aromatic hydroxyl groups is 1. The summed E-state index contributed by atoms with van der Waals surface area (Å²) in [6.45, 7) is 5.55. The molecular formula is C26H37N3O5S. The smallest absolute Gasteiger partial charge is 0.243 e. The highest BCUT2D eigenvalue weighted by Gasteiger charge is 2.31. The Hall–Kier alpha value is -2.46. The van der Waals surface area contributed by atoms with Crippen LogP contribution in [0.5, 0.6) is 5.75 Å². The van der Waals surface area contributed by atoms with E-state index in [0.29, 0.717) is 12.8 Å². The molecule has 0 radical (unpaired) electrons. The summed E-state index contributed by atoms with van der Waals surface area (Å²) < 4.78 is 28.0. The minimum Gasteiger partial charge on any atom is -0.508 e. The molecule has 4 N–H and O–H groups in total. The van der Waals surface area contributed by atoms with Gasteiger partial charge in [0.05, 0.1) is 17.0 Å². The van der Waals surface area contributed by atoms with Crippen molar-refractivity contribution >= 4 is 15.9 Å². The zero-order chi connectivity index (χ0) is 25.4. The fraction of sp³-hybridized carbons (Fsp3) is 0.500. The first-order chi connectivity index (χ1) is 16.6. The second-order valence-corrected chi connectivity index (χ2v) is 11.6. The van der Waals surface area contributed by atoms with Gasteiger partial charge in [0.1, 0.15) is 5.75 Å². The Kier molecular flexibility index (Phi) is 9.68. The van der Waals surface area contributed by atoms with Crippen LogP contribution in [0.1, 0.15) is 32.3 Å².